The Morgan fingerprint density at radius 2 is 1.65 bits per heavy atom. The molecule has 2 saturated carbocycles. The Bertz CT molecular complexity index is 431. The number of fused-ring (bicyclic) bond motifs is 1. The van der Waals surface area contributed by atoms with Crippen LogP contribution in [0.1, 0.15) is 73.6 Å². The molecule has 2 nitrogen and oxygen atoms in total. The fourth-order valence-electron chi connectivity index (χ4n) is 4.35. The predicted octanol–water partition coefficient (Wildman–Crippen LogP) is 4.88. The predicted molar refractivity (Wildman–Crippen MR) is 82.4 cm³/mol. The first-order valence-corrected chi connectivity index (χ1v) is 7.95. The van der Waals surface area contributed by atoms with Gasteiger partial charge in [-0.05, 0) is 51.4 Å². The molecule has 2 heteroatoms. The summed E-state index contributed by atoms with van der Waals surface area (Å²) in [5, 5.41) is 0. The van der Waals surface area contributed by atoms with E-state index in [1.807, 2.05) is 0 Å². The summed E-state index contributed by atoms with van der Waals surface area (Å²) in [5.41, 5.74) is 1.55. The summed E-state index contributed by atoms with van der Waals surface area (Å²) >= 11 is 0. The van der Waals surface area contributed by atoms with Crippen LogP contribution in [0.25, 0.3) is 0 Å². The van der Waals surface area contributed by atoms with Crippen LogP contribution >= 0.6 is 0 Å². The molecule has 0 aliphatic heterocycles. The van der Waals surface area contributed by atoms with Crippen LogP contribution in [-0.4, -0.2) is 11.6 Å². The summed E-state index contributed by atoms with van der Waals surface area (Å²) in [4.78, 5) is 11.7. The third kappa shape index (κ3) is 2.54. The van der Waals surface area contributed by atoms with Crippen molar-refractivity contribution in [2.24, 2.45) is 16.7 Å². The molecule has 0 N–H and O–H groups in total. The van der Waals surface area contributed by atoms with Gasteiger partial charge in [-0.25, -0.2) is 0 Å². The van der Waals surface area contributed by atoms with E-state index >= 15 is 0 Å². The van der Waals surface area contributed by atoms with Crippen molar-refractivity contribution in [3.63, 3.8) is 0 Å². The molecule has 3 unspecified atom stereocenters. The maximum absolute atomic E-state index is 11.7. The molecule has 2 aliphatic carbocycles. The summed E-state index contributed by atoms with van der Waals surface area (Å²) in [5.74, 6) is 0.232. The molecule has 0 aromatic carbocycles. The maximum Gasteiger partial charge on any atom is 0.303 e. The van der Waals surface area contributed by atoms with Crippen LogP contribution in [0.15, 0.2) is 11.6 Å². The molecular weight excluding hydrogens is 248 g/mol. The number of carbonyl (C=O) groups excluding carboxylic acids is 1. The molecule has 0 amide bonds. The summed E-state index contributed by atoms with van der Waals surface area (Å²) < 4.78 is 5.98. The van der Waals surface area contributed by atoms with E-state index in [9.17, 15) is 4.79 Å². The fourth-order valence-corrected chi connectivity index (χ4v) is 4.35. The average molecular weight is 278 g/mol. The van der Waals surface area contributed by atoms with Gasteiger partial charge in [-0.15, -0.1) is 0 Å². The Balaban J connectivity index is 2.45. The van der Waals surface area contributed by atoms with E-state index in [0.717, 1.165) is 12.8 Å². The van der Waals surface area contributed by atoms with Crippen molar-refractivity contribution in [3.8, 4) is 0 Å². The minimum Gasteiger partial charge on any atom is -0.458 e. The van der Waals surface area contributed by atoms with Crippen molar-refractivity contribution in [3.05, 3.63) is 11.6 Å². The lowest BCUT2D eigenvalue weighted by Crippen LogP contribution is -2.61. The Kier molecular flexibility index (Phi) is 3.81. The Labute approximate surface area is 124 Å². The average Bonchev–Trinajstić information content (AvgIpc) is 2.32. The van der Waals surface area contributed by atoms with Crippen LogP contribution < -0.4 is 0 Å². The molecule has 0 saturated heterocycles. The molecule has 20 heavy (non-hydrogen) atoms. The highest BCUT2D eigenvalue weighted by Crippen LogP contribution is 2.64. The van der Waals surface area contributed by atoms with Crippen molar-refractivity contribution in [2.45, 2.75) is 79.2 Å². The van der Waals surface area contributed by atoms with Crippen molar-refractivity contribution in [2.75, 3.05) is 0 Å². The second-order valence-corrected chi connectivity index (χ2v) is 8.26. The zero-order valence-corrected chi connectivity index (χ0v) is 14.0. The molecule has 114 valence electrons. The number of ether oxygens (including phenoxy) is 1. The van der Waals surface area contributed by atoms with Gasteiger partial charge in [0.05, 0.1) is 0 Å². The lowest BCUT2D eigenvalue weighted by molar-refractivity contribution is -0.218. The second kappa shape index (κ2) is 4.89. The molecule has 0 aromatic rings. The van der Waals surface area contributed by atoms with Crippen LogP contribution in [-0.2, 0) is 9.53 Å². The maximum atomic E-state index is 11.7. The molecule has 0 aromatic heterocycles. The van der Waals surface area contributed by atoms with Crippen molar-refractivity contribution < 1.29 is 9.53 Å². The zero-order valence-electron chi connectivity index (χ0n) is 14.0. The first kappa shape index (κ1) is 15.6. The SMILES string of the molecule is CC(=O)OC12CCC1(C)CCC(C)(C)CC2C=C(C)C. The van der Waals surface area contributed by atoms with E-state index in [-0.39, 0.29) is 17.0 Å². The minimum absolute atomic E-state index is 0.122. The van der Waals surface area contributed by atoms with E-state index in [4.69, 9.17) is 4.74 Å². The number of allylic oxidation sites excluding steroid dienone is 1. The van der Waals surface area contributed by atoms with Crippen LogP contribution in [0.4, 0.5) is 0 Å². The summed E-state index contributed by atoms with van der Waals surface area (Å²) in [6.45, 7) is 12.9. The third-order valence-electron chi connectivity index (χ3n) is 5.66. The van der Waals surface area contributed by atoms with Gasteiger partial charge >= 0.3 is 5.97 Å². The van der Waals surface area contributed by atoms with Crippen LogP contribution in [0.2, 0.25) is 0 Å². The van der Waals surface area contributed by atoms with Crippen molar-refractivity contribution in [1.29, 1.82) is 0 Å². The second-order valence-electron chi connectivity index (χ2n) is 8.26. The van der Waals surface area contributed by atoms with Gasteiger partial charge < -0.3 is 4.74 Å². The van der Waals surface area contributed by atoms with E-state index in [0.29, 0.717) is 11.3 Å². The first-order chi connectivity index (χ1) is 9.10. The smallest absolute Gasteiger partial charge is 0.303 e. The number of esters is 1. The fraction of sp³-hybridized carbons (Fsp3) is 0.833. The number of hydrogen-bond donors (Lipinski definition) is 0. The highest BCUT2D eigenvalue weighted by atomic mass is 16.6. The molecule has 2 aliphatic rings. The summed E-state index contributed by atoms with van der Waals surface area (Å²) in [6.07, 6.45) is 8.06. The van der Waals surface area contributed by atoms with Gasteiger partial charge in [0.15, 0.2) is 0 Å². The van der Waals surface area contributed by atoms with Crippen molar-refractivity contribution in [1.82, 2.24) is 0 Å². The van der Waals surface area contributed by atoms with Crippen LogP contribution in [0.3, 0.4) is 0 Å². The highest BCUT2D eigenvalue weighted by molar-refractivity contribution is 5.67. The molecule has 2 rings (SSSR count). The Hall–Kier alpha value is -0.790. The lowest BCUT2D eigenvalue weighted by atomic mass is 9.52. The van der Waals surface area contributed by atoms with Crippen LogP contribution in [0.5, 0.6) is 0 Å². The van der Waals surface area contributed by atoms with E-state index < -0.39 is 0 Å². The molecule has 3 atom stereocenters. The first-order valence-electron chi connectivity index (χ1n) is 7.95. The quantitative estimate of drug-likeness (QED) is 0.531. The molecule has 2 fully saturated rings. The van der Waals surface area contributed by atoms with Gasteiger partial charge in [-0.1, -0.05) is 32.4 Å². The lowest BCUT2D eigenvalue weighted by Gasteiger charge is -2.59. The van der Waals surface area contributed by atoms with Gasteiger partial charge in [0, 0.05) is 18.3 Å². The topological polar surface area (TPSA) is 26.3 Å². The minimum atomic E-state index is -0.260. The zero-order chi connectivity index (χ0) is 15.2. The molecule has 0 heterocycles. The standard InChI is InChI=1S/C18H30O2/c1-13(2)11-15-12-16(4,5)7-8-17(6)9-10-18(15,17)20-14(3)19/h11,15H,7-10,12H2,1-6H3. The molecule has 0 bridgehead atoms. The Morgan fingerprint density at radius 3 is 2.10 bits per heavy atom. The highest BCUT2D eigenvalue weighted by Gasteiger charge is 2.63. The van der Waals surface area contributed by atoms with Gasteiger partial charge in [-0.3, -0.25) is 4.79 Å². The van der Waals surface area contributed by atoms with Crippen molar-refractivity contribution >= 4 is 5.97 Å². The third-order valence-corrected chi connectivity index (χ3v) is 5.66. The van der Waals surface area contributed by atoms with Gasteiger partial charge in [0.2, 0.25) is 0 Å². The number of hydrogen-bond acceptors (Lipinski definition) is 2. The van der Waals surface area contributed by atoms with Gasteiger partial charge in [0.25, 0.3) is 0 Å². The van der Waals surface area contributed by atoms with E-state index in [1.54, 1.807) is 6.92 Å². The molecular formula is C18H30O2. The van der Waals surface area contributed by atoms with Gasteiger partial charge in [-0.2, -0.15) is 0 Å². The normalized spacial score (nSPS) is 39.0. The molecule has 0 radical (unpaired) electrons. The largest absolute Gasteiger partial charge is 0.458 e. The summed E-state index contributed by atoms with van der Waals surface area (Å²) in [6, 6.07) is 0. The van der Waals surface area contributed by atoms with Gasteiger partial charge in [0.1, 0.15) is 5.60 Å². The Morgan fingerprint density at radius 1 is 1.05 bits per heavy atom. The number of carbonyl (C=O) groups is 1. The van der Waals surface area contributed by atoms with E-state index in [1.165, 1.54) is 24.8 Å². The summed E-state index contributed by atoms with van der Waals surface area (Å²) in [7, 11) is 0. The van der Waals surface area contributed by atoms with Crippen LogP contribution in [0, 0.1) is 16.7 Å². The van der Waals surface area contributed by atoms with E-state index in [2.05, 4.69) is 40.7 Å². The number of rotatable bonds is 2. The monoisotopic (exact) mass is 278 g/mol. The molecule has 0 spiro atoms.